The molecule has 0 bridgehead atoms. The summed E-state index contributed by atoms with van der Waals surface area (Å²) in [4.78, 5) is 11.8. The number of esters is 1. The fourth-order valence-electron chi connectivity index (χ4n) is 1.86. The minimum absolute atomic E-state index is 0.412. The first kappa shape index (κ1) is 13.9. The van der Waals surface area contributed by atoms with E-state index in [1.807, 2.05) is 25.1 Å². The van der Waals surface area contributed by atoms with Crippen LogP contribution in [0.15, 0.2) is 36.4 Å². The molecule has 98 valence electrons. The summed E-state index contributed by atoms with van der Waals surface area (Å²) in [6, 6.07) is 10.8. The Bertz CT molecular complexity index is 636. The van der Waals surface area contributed by atoms with Gasteiger partial charge in [0.1, 0.15) is 0 Å². The third kappa shape index (κ3) is 2.91. The standard InChI is InChI=1S/C15H12Cl2O2/c1-9-7-10(3-6-14(9)17)12-5-4-11(16)8-13(12)15(18)19-2/h3-8H,1-2H3. The molecule has 4 heteroatoms. The van der Waals surface area contributed by atoms with E-state index < -0.39 is 5.97 Å². The molecule has 0 fully saturated rings. The Morgan fingerprint density at radius 3 is 2.47 bits per heavy atom. The van der Waals surface area contributed by atoms with Crippen molar-refractivity contribution in [2.75, 3.05) is 7.11 Å². The molecule has 0 aliphatic carbocycles. The van der Waals surface area contributed by atoms with Gasteiger partial charge in [-0.2, -0.15) is 0 Å². The first-order valence-corrected chi connectivity index (χ1v) is 6.43. The van der Waals surface area contributed by atoms with Gasteiger partial charge in [-0.15, -0.1) is 0 Å². The summed E-state index contributed by atoms with van der Waals surface area (Å²) in [5, 5.41) is 1.19. The van der Waals surface area contributed by atoms with Crippen LogP contribution >= 0.6 is 23.2 Å². The maximum atomic E-state index is 11.8. The molecule has 2 nitrogen and oxygen atoms in total. The molecule has 0 amide bonds. The van der Waals surface area contributed by atoms with E-state index in [0.29, 0.717) is 15.6 Å². The highest BCUT2D eigenvalue weighted by Gasteiger charge is 2.14. The van der Waals surface area contributed by atoms with Crippen LogP contribution in [0.25, 0.3) is 11.1 Å². The van der Waals surface area contributed by atoms with Crippen molar-refractivity contribution < 1.29 is 9.53 Å². The highest BCUT2D eigenvalue weighted by molar-refractivity contribution is 6.31. The lowest BCUT2D eigenvalue weighted by atomic mass is 9.98. The number of halogens is 2. The molecule has 0 saturated heterocycles. The van der Waals surface area contributed by atoms with E-state index in [-0.39, 0.29) is 0 Å². The lowest BCUT2D eigenvalue weighted by Gasteiger charge is -2.10. The van der Waals surface area contributed by atoms with Crippen LogP contribution in [0.3, 0.4) is 0 Å². The molecule has 2 aromatic carbocycles. The van der Waals surface area contributed by atoms with Crippen molar-refractivity contribution in [3.05, 3.63) is 57.6 Å². The van der Waals surface area contributed by atoms with E-state index >= 15 is 0 Å². The van der Waals surface area contributed by atoms with Gasteiger partial charge >= 0.3 is 5.97 Å². The van der Waals surface area contributed by atoms with Crippen molar-refractivity contribution in [1.29, 1.82) is 0 Å². The van der Waals surface area contributed by atoms with Gasteiger partial charge in [0.15, 0.2) is 0 Å². The van der Waals surface area contributed by atoms with Crippen LogP contribution in [0, 0.1) is 6.92 Å². The fourth-order valence-corrected chi connectivity index (χ4v) is 2.15. The Kier molecular flexibility index (Phi) is 4.13. The molecule has 0 aliphatic rings. The van der Waals surface area contributed by atoms with Crippen molar-refractivity contribution in [2.24, 2.45) is 0 Å². The number of aryl methyl sites for hydroxylation is 1. The third-order valence-electron chi connectivity index (χ3n) is 2.86. The number of hydrogen-bond acceptors (Lipinski definition) is 2. The predicted octanol–water partition coefficient (Wildman–Crippen LogP) is 4.76. The lowest BCUT2D eigenvalue weighted by molar-refractivity contribution is 0.0601. The topological polar surface area (TPSA) is 26.3 Å². The summed E-state index contributed by atoms with van der Waals surface area (Å²) in [6.45, 7) is 1.92. The maximum Gasteiger partial charge on any atom is 0.338 e. The molecular weight excluding hydrogens is 283 g/mol. The molecule has 0 unspecified atom stereocenters. The van der Waals surface area contributed by atoms with E-state index in [1.165, 1.54) is 7.11 Å². The summed E-state index contributed by atoms with van der Waals surface area (Å²) < 4.78 is 4.78. The largest absolute Gasteiger partial charge is 0.465 e. The van der Waals surface area contributed by atoms with Crippen LogP contribution in [0.1, 0.15) is 15.9 Å². The van der Waals surface area contributed by atoms with Gasteiger partial charge in [-0.05, 0) is 47.9 Å². The molecule has 0 saturated carbocycles. The zero-order chi connectivity index (χ0) is 14.0. The van der Waals surface area contributed by atoms with Crippen molar-refractivity contribution in [1.82, 2.24) is 0 Å². The zero-order valence-corrected chi connectivity index (χ0v) is 12.0. The number of benzene rings is 2. The molecular formula is C15H12Cl2O2. The average molecular weight is 295 g/mol. The number of carbonyl (C=O) groups is 1. The van der Waals surface area contributed by atoms with E-state index in [4.69, 9.17) is 27.9 Å². The number of rotatable bonds is 2. The van der Waals surface area contributed by atoms with Gasteiger partial charge in [-0.3, -0.25) is 0 Å². The third-order valence-corrected chi connectivity index (χ3v) is 3.52. The molecule has 2 aromatic rings. The molecule has 0 spiro atoms. The van der Waals surface area contributed by atoms with Gasteiger partial charge < -0.3 is 4.74 Å². The summed E-state index contributed by atoms with van der Waals surface area (Å²) >= 11 is 11.9. The smallest absolute Gasteiger partial charge is 0.338 e. The number of hydrogen-bond donors (Lipinski definition) is 0. The van der Waals surface area contributed by atoms with Crippen molar-refractivity contribution in [3.63, 3.8) is 0 Å². The predicted molar refractivity (Wildman–Crippen MR) is 78.0 cm³/mol. The minimum Gasteiger partial charge on any atom is -0.465 e. The highest BCUT2D eigenvalue weighted by atomic mass is 35.5. The summed E-state index contributed by atoms with van der Waals surface area (Å²) in [5.41, 5.74) is 3.07. The lowest BCUT2D eigenvalue weighted by Crippen LogP contribution is -2.03. The molecule has 0 radical (unpaired) electrons. The van der Waals surface area contributed by atoms with Crippen LogP contribution in [0.5, 0.6) is 0 Å². The Morgan fingerprint density at radius 1 is 1.11 bits per heavy atom. The number of carbonyl (C=O) groups excluding carboxylic acids is 1. The quantitative estimate of drug-likeness (QED) is 0.747. The van der Waals surface area contributed by atoms with Crippen LogP contribution in [-0.4, -0.2) is 13.1 Å². The van der Waals surface area contributed by atoms with Gasteiger partial charge in [-0.25, -0.2) is 4.79 Å². The second-order valence-electron chi connectivity index (χ2n) is 4.15. The molecule has 0 aromatic heterocycles. The van der Waals surface area contributed by atoms with Crippen molar-refractivity contribution in [2.45, 2.75) is 6.92 Å². The minimum atomic E-state index is -0.412. The molecule has 0 N–H and O–H groups in total. The molecule has 0 heterocycles. The van der Waals surface area contributed by atoms with E-state index in [2.05, 4.69) is 0 Å². The van der Waals surface area contributed by atoms with Gasteiger partial charge in [0.05, 0.1) is 12.7 Å². The van der Waals surface area contributed by atoms with E-state index in [9.17, 15) is 4.79 Å². The Morgan fingerprint density at radius 2 is 1.84 bits per heavy atom. The van der Waals surface area contributed by atoms with E-state index in [0.717, 1.165) is 16.7 Å². The van der Waals surface area contributed by atoms with Gasteiger partial charge in [0.25, 0.3) is 0 Å². The summed E-state index contributed by atoms with van der Waals surface area (Å²) in [5.74, 6) is -0.412. The van der Waals surface area contributed by atoms with Gasteiger partial charge in [0.2, 0.25) is 0 Å². The van der Waals surface area contributed by atoms with E-state index in [1.54, 1.807) is 18.2 Å². The van der Waals surface area contributed by atoms with Crippen LogP contribution < -0.4 is 0 Å². The van der Waals surface area contributed by atoms with Crippen LogP contribution in [-0.2, 0) is 4.74 Å². The van der Waals surface area contributed by atoms with Gasteiger partial charge in [0, 0.05) is 10.0 Å². The van der Waals surface area contributed by atoms with Crippen molar-refractivity contribution in [3.8, 4) is 11.1 Å². The Hall–Kier alpha value is -1.51. The van der Waals surface area contributed by atoms with Gasteiger partial charge in [-0.1, -0.05) is 35.3 Å². The fraction of sp³-hybridized carbons (Fsp3) is 0.133. The SMILES string of the molecule is COC(=O)c1cc(Cl)ccc1-c1ccc(Cl)c(C)c1. The first-order chi connectivity index (χ1) is 9.02. The number of methoxy groups -OCH3 is 1. The van der Waals surface area contributed by atoms with Crippen LogP contribution in [0.4, 0.5) is 0 Å². The monoisotopic (exact) mass is 294 g/mol. The normalized spacial score (nSPS) is 10.3. The molecule has 2 rings (SSSR count). The maximum absolute atomic E-state index is 11.8. The first-order valence-electron chi connectivity index (χ1n) is 5.67. The summed E-state index contributed by atoms with van der Waals surface area (Å²) in [6.07, 6.45) is 0. The molecule has 19 heavy (non-hydrogen) atoms. The Balaban J connectivity index is 2.61. The zero-order valence-electron chi connectivity index (χ0n) is 10.5. The van der Waals surface area contributed by atoms with Crippen molar-refractivity contribution >= 4 is 29.2 Å². The molecule has 0 atom stereocenters. The second-order valence-corrected chi connectivity index (χ2v) is 4.99. The molecule has 0 aliphatic heterocycles. The number of ether oxygens (including phenoxy) is 1. The average Bonchev–Trinajstić information content (AvgIpc) is 2.41. The Labute approximate surface area is 121 Å². The summed E-state index contributed by atoms with van der Waals surface area (Å²) in [7, 11) is 1.35. The van der Waals surface area contributed by atoms with Crippen LogP contribution in [0.2, 0.25) is 10.0 Å². The second kappa shape index (κ2) is 5.64. The highest BCUT2D eigenvalue weighted by Crippen LogP contribution is 2.29.